The van der Waals surface area contributed by atoms with Gasteiger partial charge in [-0.15, -0.1) is 0 Å². The molecule has 0 bridgehead atoms. The maximum absolute atomic E-state index is 10.7. The van der Waals surface area contributed by atoms with Crippen LogP contribution in [0.4, 0.5) is 0 Å². The quantitative estimate of drug-likeness (QED) is 0.826. The fourth-order valence-corrected chi connectivity index (χ4v) is 2.31. The maximum Gasteiger partial charge on any atom is 0.309 e. The summed E-state index contributed by atoms with van der Waals surface area (Å²) >= 11 is 0. The van der Waals surface area contributed by atoms with E-state index in [0.717, 1.165) is 18.5 Å². The number of carbonyl (C=O) groups is 1. The molecule has 1 aliphatic carbocycles. The number of aromatic nitrogens is 2. The molecule has 0 aliphatic heterocycles. The van der Waals surface area contributed by atoms with E-state index in [0.29, 0.717) is 6.04 Å². The molecule has 0 spiro atoms. The zero-order chi connectivity index (χ0) is 10.7. The van der Waals surface area contributed by atoms with Gasteiger partial charge in [0.25, 0.3) is 0 Å². The van der Waals surface area contributed by atoms with Gasteiger partial charge in [0.05, 0.1) is 12.7 Å². The summed E-state index contributed by atoms with van der Waals surface area (Å²) in [6, 6.07) is 0.468. The lowest BCUT2D eigenvalue weighted by molar-refractivity contribution is -0.136. The van der Waals surface area contributed by atoms with Crippen LogP contribution in [0.3, 0.4) is 0 Å². The first-order chi connectivity index (χ1) is 7.27. The molecule has 4 nitrogen and oxygen atoms in total. The molecule has 2 rings (SSSR count). The lowest BCUT2D eigenvalue weighted by Gasteiger charge is -2.24. The summed E-state index contributed by atoms with van der Waals surface area (Å²) in [7, 11) is 0. The third kappa shape index (κ3) is 2.37. The molecule has 0 radical (unpaired) electrons. The summed E-state index contributed by atoms with van der Waals surface area (Å²) in [6.07, 6.45) is 9.63. The second-order valence-electron chi connectivity index (χ2n) is 4.15. The zero-order valence-corrected chi connectivity index (χ0v) is 8.72. The molecular formula is C11H16N2O2. The lowest BCUT2D eigenvalue weighted by Crippen LogP contribution is -2.16. The average molecular weight is 208 g/mol. The summed E-state index contributed by atoms with van der Waals surface area (Å²) in [4.78, 5) is 14.7. The Bertz CT molecular complexity index is 340. The molecule has 1 N–H and O–H groups in total. The Morgan fingerprint density at radius 3 is 2.87 bits per heavy atom. The molecule has 1 aliphatic rings. The van der Waals surface area contributed by atoms with Crippen molar-refractivity contribution < 1.29 is 9.90 Å². The van der Waals surface area contributed by atoms with E-state index in [9.17, 15) is 4.79 Å². The number of carboxylic acid groups (broad SMARTS) is 1. The highest BCUT2D eigenvalue weighted by atomic mass is 16.4. The number of carboxylic acids is 1. The summed E-state index contributed by atoms with van der Waals surface area (Å²) in [5.74, 6) is -0.785. The molecule has 1 aromatic heterocycles. The second-order valence-corrected chi connectivity index (χ2v) is 4.15. The van der Waals surface area contributed by atoms with E-state index in [1.165, 1.54) is 19.3 Å². The Kier molecular flexibility index (Phi) is 3.04. The van der Waals surface area contributed by atoms with E-state index in [1.807, 2.05) is 4.57 Å². The second kappa shape index (κ2) is 4.47. The number of hydrogen-bond acceptors (Lipinski definition) is 2. The molecule has 4 heteroatoms. The van der Waals surface area contributed by atoms with Gasteiger partial charge in [-0.3, -0.25) is 4.79 Å². The van der Waals surface area contributed by atoms with Gasteiger partial charge in [0, 0.05) is 17.9 Å². The molecule has 0 amide bonds. The Morgan fingerprint density at radius 1 is 1.47 bits per heavy atom. The van der Waals surface area contributed by atoms with Crippen LogP contribution in [-0.2, 0) is 11.2 Å². The van der Waals surface area contributed by atoms with Crippen LogP contribution >= 0.6 is 0 Å². The molecule has 1 heterocycles. The van der Waals surface area contributed by atoms with E-state index >= 15 is 0 Å². The Hall–Kier alpha value is -1.32. The van der Waals surface area contributed by atoms with Crippen LogP contribution in [-0.4, -0.2) is 20.6 Å². The van der Waals surface area contributed by atoms with Crippen LogP contribution in [0.5, 0.6) is 0 Å². The minimum atomic E-state index is -0.785. The SMILES string of the molecule is O=C(O)Cc1cncn1C1CCCCC1. The van der Waals surface area contributed by atoms with E-state index in [4.69, 9.17) is 5.11 Å². The molecule has 1 aromatic rings. The Morgan fingerprint density at radius 2 is 2.20 bits per heavy atom. The molecule has 1 saturated carbocycles. The lowest BCUT2D eigenvalue weighted by atomic mass is 9.95. The summed E-state index contributed by atoms with van der Waals surface area (Å²) in [5.41, 5.74) is 0.828. The maximum atomic E-state index is 10.7. The Balaban J connectivity index is 2.12. The minimum absolute atomic E-state index is 0.0799. The normalized spacial score (nSPS) is 17.9. The van der Waals surface area contributed by atoms with Crippen LogP contribution in [0.15, 0.2) is 12.5 Å². The monoisotopic (exact) mass is 208 g/mol. The van der Waals surface area contributed by atoms with Gasteiger partial charge in [0.15, 0.2) is 0 Å². The first-order valence-corrected chi connectivity index (χ1v) is 5.50. The number of aliphatic carboxylic acids is 1. The fourth-order valence-electron chi connectivity index (χ4n) is 2.31. The predicted octanol–water partition coefficient (Wildman–Crippen LogP) is 2.02. The van der Waals surface area contributed by atoms with E-state index in [1.54, 1.807) is 12.5 Å². The van der Waals surface area contributed by atoms with Gasteiger partial charge in [0.1, 0.15) is 0 Å². The zero-order valence-electron chi connectivity index (χ0n) is 8.72. The van der Waals surface area contributed by atoms with Crippen molar-refractivity contribution in [1.29, 1.82) is 0 Å². The van der Waals surface area contributed by atoms with Crippen LogP contribution in [0, 0.1) is 0 Å². The van der Waals surface area contributed by atoms with Gasteiger partial charge in [-0.2, -0.15) is 0 Å². The highest BCUT2D eigenvalue weighted by Gasteiger charge is 2.18. The first-order valence-electron chi connectivity index (χ1n) is 5.50. The van der Waals surface area contributed by atoms with Crippen molar-refractivity contribution in [1.82, 2.24) is 9.55 Å². The predicted molar refractivity (Wildman–Crippen MR) is 55.7 cm³/mol. The van der Waals surface area contributed by atoms with Crippen LogP contribution in [0.25, 0.3) is 0 Å². The molecule has 0 aromatic carbocycles. The van der Waals surface area contributed by atoms with Crippen LogP contribution in [0.2, 0.25) is 0 Å². The van der Waals surface area contributed by atoms with E-state index in [-0.39, 0.29) is 6.42 Å². The topological polar surface area (TPSA) is 55.1 Å². The molecule has 15 heavy (non-hydrogen) atoms. The van der Waals surface area contributed by atoms with Crippen molar-refractivity contribution in [3.8, 4) is 0 Å². The van der Waals surface area contributed by atoms with Gasteiger partial charge in [-0.25, -0.2) is 4.98 Å². The van der Waals surface area contributed by atoms with Crippen molar-refractivity contribution in [3.63, 3.8) is 0 Å². The van der Waals surface area contributed by atoms with Crippen LogP contribution in [0.1, 0.15) is 43.8 Å². The highest BCUT2D eigenvalue weighted by Crippen LogP contribution is 2.28. The average Bonchev–Trinajstić information content (AvgIpc) is 2.66. The van der Waals surface area contributed by atoms with Crippen molar-refractivity contribution in [2.24, 2.45) is 0 Å². The summed E-state index contributed by atoms with van der Waals surface area (Å²) in [6.45, 7) is 0. The van der Waals surface area contributed by atoms with Gasteiger partial charge in [-0.1, -0.05) is 19.3 Å². The number of imidazole rings is 1. The number of hydrogen-bond donors (Lipinski definition) is 1. The Labute approximate surface area is 88.9 Å². The molecule has 0 unspecified atom stereocenters. The van der Waals surface area contributed by atoms with Crippen molar-refractivity contribution >= 4 is 5.97 Å². The summed E-state index contributed by atoms with van der Waals surface area (Å²) < 4.78 is 2.05. The molecule has 0 saturated heterocycles. The molecule has 1 fully saturated rings. The van der Waals surface area contributed by atoms with Crippen molar-refractivity contribution in [3.05, 3.63) is 18.2 Å². The van der Waals surface area contributed by atoms with Gasteiger partial charge in [0.2, 0.25) is 0 Å². The van der Waals surface area contributed by atoms with Gasteiger partial charge >= 0.3 is 5.97 Å². The molecule has 0 atom stereocenters. The van der Waals surface area contributed by atoms with Crippen molar-refractivity contribution in [2.75, 3.05) is 0 Å². The fraction of sp³-hybridized carbons (Fsp3) is 0.636. The first kappa shape index (κ1) is 10.2. The third-order valence-corrected chi connectivity index (χ3v) is 3.05. The third-order valence-electron chi connectivity index (χ3n) is 3.05. The van der Waals surface area contributed by atoms with Gasteiger partial charge in [-0.05, 0) is 12.8 Å². The minimum Gasteiger partial charge on any atom is -0.481 e. The molecular weight excluding hydrogens is 192 g/mol. The van der Waals surface area contributed by atoms with E-state index in [2.05, 4.69) is 4.98 Å². The van der Waals surface area contributed by atoms with Crippen molar-refractivity contribution in [2.45, 2.75) is 44.6 Å². The number of rotatable bonds is 3. The highest BCUT2D eigenvalue weighted by molar-refractivity contribution is 5.69. The van der Waals surface area contributed by atoms with Crippen LogP contribution < -0.4 is 0 Å². The van der Waals surface area contributed by atoms with Gasteiger partial charge < -0.3 is 9.67 Å². The standard InChI is InChI=1S/C11H16N2O2/c14-11(15)6-10-7-12-8-13(10)9-4-2-1-3-5-9/h7-9H,1-6H2,(H,14,15). The smallest absolute Gasteiger partial charge is 0.309 e. The molecule has 82 valence electrons. The van der Waals surface area contributed by atoms with E-state index < -0.39 is 5.97 Å². The largest absolute Gasteiger partial charge is 0.481 e. The summed E-state index contributed by atoms with van der Waals surface area (Å²) in [5, 5.41) is 8.77. The number of nitrogens with zero attached hydrogens (tertiary/aromatic N) is 2.